The van der Waals surface area contributed by atoms with E-state index < -0.39 is 0 Å². The summed E-state index contributed by atoms with van der Waals surface area (Å²) in [7, 11) is 0. The Morgan fingerprint density at radius 3 is 2.85 bits per heavy atom. The zero-order valence-corrected chi connectivity index (χ0v) is 12.2. The Balaban J connectivity index is 2.19. The molecule has 0 fully saturated rings. The molecule has 0 aliphatic carbocycles. The number of aromatic nitrogens is 1. The fourth-order valence-corrected chi connectivity index (χ4v) is 1.94. The van der Waals surface area contributed by atoms with Crippen molar-refractivity contribution < 1.29 is 4.79 Å². The van der Waals surface area contributed by atoms with Crippen LogP contribution >= 0.6 is 11.6 Å². The number of carbonyl (C=O) groups excluding carboxylic acids is 1. The van der Waals surface area contributed by atoms with Crippen LogP contribution in [0.25, 0.3) is 0 Å². The lowest BCUT2D eigenvalue weighted by molar-refractivity contribution is 0.102. The van der Waals surface area contributed by atoms with Crippen LogP contribution in [-0.2, 0) is 0 Å². The number of amides is 1. The van der Waals surface area contributed by atoms with Crippen LogP contribution in [0, 0.1) is 6.92 Å². The molecule has 0 saturated carbocycles. The first-order chi connectivity index (χ1) is 9.60. The van der Waals surface area contributed by atoms with E-state index in [9.17, 15) is 4.79 Å². The number of benzene rings is 1. The van der Waals surface area contributed by atoms with Crippen LogP contribution in [0.15, 0.2) is 36.5 Å². The third-order valence-corrected chi connectivity index (χ3v) is 3.08. The van der Waals surface area contributed by atoms with E-state index in [1.54, 1.807) is 24.4 Å². The van der Waals surface area contributed by atoms with E-state index in [0.717, 1.165) is 12.1 Å². The lowest BCUT2D eigenvalue weighted by atomic mass is 10.2. The molecule has 0 aliphatic rings. The van der Waals surface area contributed by atoms with Gasteiger partial charge in [0, 0.05) is 18.3 Å². The molecule has 4 nitrogen and oxygen atoms in total. The lowest BCUT2D eigenvalue weighted by Gasteiger charge is -2.09. The zero-order chi connectivity index (χ0) is 14.5. The molecule has 2 aromatic rings. The van der Waals surface area contributed by atoms with Crippen molar-refractivity contribution in [2.75, 3.05) is 17.2 Å². The van der Waals surface area contributed by atoms with Gasteiger partial charge in [0.15, 0.2) is 0 Å². The van der Waals surface area contributed by atoms with Crippen LogP contribution in [0.2, 0.25) is 5.02 Å². The van der Waals surface area contributed by atoms with E-state index in [2.05, 4.69) is 15.6 Å². The fraction of sp³-hybridized carbons (Fsp3) is 0.200. The van der Waals surface area contributed by atoms with E-state index in [1.807, 2.05) is 26.0 Å². The third-order valence-electron chi connectivity index (χ3n) is 2.75. The van der Waals surface area contributed by atoms with Crippen LogP contribution in [0.5, 0.6) is 0 Å². The summed E-state index contributed by atoms with van der Waals surface area (Å²) in [6.45, 7) is 4.67. The van der Waals surface area contributed by atoms with Gasteiger partial charge < -0.3 is 10.6 Å². The topological polar surface area (TPSA) is 54.0 Å². The van der Waals surface area contributed by atoms with Crippen molar-refractivity contribution in [2.45, 2.75) is 13.8 Å². The number of aryl methyl sites for hydroxylation is 1. The minimum atomic E-state index is -0.209. The summed E-state index contributed by atoms with van der Waals surface area (Å²) in [4.78, 5) is 16.3. The first-order valence-corrected chi connectivity index (χ1v) is 6.75. The first-order valence-electron chi connectivity index (χ1n) is 6.37. The number of pyridine rings is 1. The Bertz CT molecular complexity index is 628. The molecule has 5 heteroatoms. The largest absolute Gasteiger partial charge is 0.370 e. The van der Waals surface area contributed by atoms with Gasteiger partial charge in [0.1, 0.15) is 5.82 Å². The van der Waals surface area contributed by atoms with Crippen molar-refractivity contribution in [2.24, 2.45) is 0 Å². The van der Waals surface area contributed by atoms with Crippen LogP contribution in [0.1, 0.15) is 22.8 Å². The summed E-state index contributed by atoms with van der Waals surface area (Å²) < 4.78 is 0. The molecule has 0 saturated heterocycles. The van der Waals surface area contributed by atoms with Gasteiger partial charge in [0.05, 0.1) is 10.7 Å². The Morgan fingerprint density at radius 2 is 2.10 bits per heavy atom. The standard InChI is InChI=1S/C15H16ClN3O/c1-3-17-14-9-11(6-7-18-14)15(20)19-13-8-10(2)4-5-12(13)16/h4-9H,3H2,1-2H3,(H,17,18)(H,19,20). The maximum absolute atomic E-state index is 12.2. The predicted octanol–water partition coefficient (Wildman–Crippen LogP) is 3.73. The van der Waals surface area contributed by atoms with Crippen LogP contribution in [0.4, 0.5) is 11.5 Å². The van der Waals surface area contributed by atoms with Gasteiger partial charge in [0.25, 0.3) is 5.91 Å². The molecule has 1 aromatic heterocycles. The van der Waals surface area contributed by atoms with Gasteiger partial charge in [0.2, 0.25) is 0 Å². The molecule has 0 unspecified atom stereocenters. The van der Waals surface area contributed by atoms with Gasteiger partial charge in [-0.25, -0.2) is 4.98 Å². The molecule has 0 radical (unpaired) electrons. The van der Waals surface area contributed by atoms with Crippen molar-refractivity contribution in [3.63, 3.8) is 0 Å². The van der Waals surface area contributed by atoms with Gasteiger partial charge in [-0.1, -0.05) is 17.7 Å². The highest BCUT2D eigenvalue weighted by molar-refractivity contribution is 6.34. The van der Waals surface area contributed by atoms with E-state index in [0.29, 0.717) is 22.1 Å². The summed E-state index contributed by atoms with van der Waals surface area (Å²) >= 11 is 6.07. The van der Waals surface area contributed by atoms with E-state index in [1.165, 1.54) is 0 Å². The molecule has 0 aliphatic heterocycles. The quantitative estimate of drug-likeness (QED) is 0.902. The van der Waals surface area contributed by atoms with Gasteiger partial charge >= 0.3 is 0 Å². The Hall–Kier alpha value is -2.07. The summed E-state index contributed by atoms with van der Waals surface area (Å²) in [6, 6.07) is 8.88. The molecule has 20 heavy (non-hydrogen) atoms. The predicted molar refractivity (Wildman–Crippen MR) is 82.5 cm³/mol. The van der Waals surface area contributed by atoms with Crippen molar-refractivity contribution in [1.29, 1.82) is 0 Å². The van der Waals surface area contributed by atoms with E-state index in [4.69, 9.17) is 11.6 Å². The second-order valence-corrected chi connectivity index (χ2v) is 4.80. The Kier molecular flexibility index (Phi) is 4.58. The number of halogens is 1. The van der Waals surface area contributed by atoms with Crippen molar-refractivity contribution in [3.8, 4) is 0 Å². The Morgan fingerprint density at radius 1 is 1.30 bits per heavy atom. The Labute approximate surface area is 123 Å². The first kappa shape index (κ1) is 14.3. The van der Waals surface area contributed by atoms with Crippen LogP contribution in [-0.4, -0.2) is 17.4 Å². The zero-order valence-electron chi connectivity index (χ0n) is 11.4. The van der Waals surface area contributed by atoms with E-state index in [-0.39, 0.29) is 5.91 Å². The second-order valence-electron chi connectivity index (χ2n) is 4.40. The van der Waals surface area contributed by atoms with Crippen LogP contribution < -0.4 is 10.6 Å². The molecular formula is C15H16ClN3O. The molecular weight excluding hydrogens is 274 g/mol. The number of nitrogens with zero attached hydrogens (tertiary/aromatic N) is 1. The molecule has 104 valence electrons. The molecule has 1 amide bonds. The van der Waals surface area contributed by atoms with Gasteiger partial charge in [-0.15, -0.1) is 0 Å². The number of nitrogens with one attached hydrogen (secondary N) is 2. The molecule has 0 bridgehead atoms. The number of rotatable bonds is 4. The average Bonchev–Trinajstić information content (AvgIpc) is 2.43. The molecule has 0 atom stereocenters. The van der Waals surface area contributed by atoms with E-state index >= 15 is 0 Å². The van der Waals surface area contributed by atoms with Gasteiger partial charge in [-0.3, -0.25) is 4.79 Å². The van der Waals surface area contributed by atoms with Crippen LogP contribution in [0.3, 0.4) is 0 Å². The van der Waals surface area contributed by atoms with Crippen molar-refractivity contribution in [1.82, 2.24) is 4.98 Å². The minimum Gasteiger partial charge on any atom is -0.370 e. The molecule has 1 aromatic carbocycles. The number of hydrogen-bond acceptors (Lipinski definition) is 3. The fourth-order valence-electron chi connectivity index (χ4n) is 1.78. The third kappa shape index (κ3) is 3.48. The molecule has 1 heterocycles. The minimum absolute atomic E-state index is 0.209. The summed E-state index contributed by atoms with van der Waals surface area (Å²) in [6.07, 6.45) is 1.60. The smallest absolute Gasteiger partial charge is 0.255 e. The molecule has 0 spiro atoms. The highest BCUT2D eigenvalue weighted by atomic mass is 35.5. The highest BCUT2D eigenvalue weighted by Crippen LogP contribution is 2.23. The average molecular weight is 290 g/mol. The summed E-state index contributed by atoms with van der Waals surface area (Å²) in [5.41, 5.74) is 2.18. The highest BCUT2D eigenvalue weighted by Gasteiger charge is 2.09. The SMILES string of the molecule is CCNc1cc(C(=O)Nc2cc(C)ccc2Cl)ccn1. The van der Waals surface area contributed by atoms with Crippen molar-refractivity contribution in [3.05, 3.63) is 52.7 Å². The maximum Gasteiger partial charge on any atom is 0.255 e. The second kappa shape index (κ2) is 6.39. The van der Waals surface area contributed by atoms with Crippen molar-refractivity contribution >= 4 is 29.0 Å². The number of hydrogen-bond donors (Lipinski definition) is 2. The summed E-state index contributed by atoms with van der Waals surface area (Å²) in [5, 5.41) is 6.40. The lowest BCUT2D eigenvalue weighted by Crippen LogP contribution is -2.13. The summed E-state index contributed by atoms with van der Waals surface area (Å²) in [5.74, 6) is 0.467. The number of anilines is 2. The normalized spacial score (nSPS) is 10.2. The maximum atomic E-state index is 12.2. The van der Waals surface area contributed by atoms with Gasteiger partial charge in [-0.05, 0) is 43.7 Å². The molecule has 2 rings (SSSR count). The monoisotopic (exact) mass is 289 g/mol. The number of carbonyl (C=O) groups is 1. The van der Waals surface area contributed by atoms with Gasteiger partial charge in [-0.2, -0.15) is 0 Å². The molecule has 2 N–H and O–H groups in total.